The van der Waals surface area contributed by atoms with E-state index in [4.69, 9.17) is 17.1 Å². The average Bonchev–Trinajstić information content (AvgIpc) is 3.53. The first-order valence-electron chi connectivity index (χ1n) is 10.1. The topological polar surface area (TPSA) is 142 Å². The SMILES string of the molecule is C#Cc1cccc2nc(C(C)Nc3ncnc(N)c3-c3nnn(C)n3)n(C3CC3)c(=O)c12. The molecule has 1 unspecified atom stereocenters. The zero-order chi connectivity index (χ0) is 22.4. The predicted octanol–water partition coefficient (Wildman–Crippen LogP) is 1.45. The molecule has 0 spiro atoms. The number of nitrogens with two attached hydrogens (primary N) is 1. The summed E-state index contributed by atoms with van der Waals surface area (Å²) in [6.07, 6.45) is 8.82. The first kappa shape index (κ1) is 19.6. The number of nitrogens with one attached hydrogen (secondary N) is 1. The highest BCUT2D eigenvalue weighted by Crippen LogP contribution is 2.37. The number of hydrogen-bond acceptors (Lipinski definition) is 9. The van der Waals surface area contributed by atoms with Gasteiger partial charge in [-0.15, -0.1) is 16.6 Å². The molecule has 11 nitrogen and oxygen atoms in total. The number of nitrogens with zero attached hydrogens (tertiary/aromatic N) is 8. The van der Waals surface area contributed by atoms with Gasteiger partial charge < -0.3 is 11.1 Å². The Bertz CT molecular complexity index is 1440. The molecule has 1 fully saturated rings. The summed E-state index contributed by atoms with van der Waals surface area (Å²) in [5, 5.41) is 15.9. The van der Waals surface area contributed by atoms with Crippen molar-refractivity contribution in [2.45, 2.75) is 31.8 Å². The molecular weight excluding hydrogens is 408 g/mol. The van der Waals surface area contributed by atoms with Crippen molar-refractivity contribution >= 4 is 22.5 Å². The van der Waals surface area contributed by atoms with Gasteiger partial charge in [0.2, 0.25) is 5.82 Å². The molecule has 1 saturated carbocycles. The predicted molar refractivity (Wildman–Crippen MR) is 118 cm³/mol. The van der Waals surface area contributed by atoms with E-state index in [-0.39, 0.29) is 23.5 Å². The number of rotatable bonds is 5. The van der Waals surface area contributed by atoms with Crippen LogP contribution in [0.4, 0.5) is 11.6 Å². The summed E-state index contributed by atoms with van der Waals surface area (Å²) < 4.78 is 1.74. The van der Waals surface area contributed by atoms with E-state index in [0.29, 0.717) is 39.5 Å². The lowest BCUT2D eigenvalue weighted by molar-refractivity contribution is 0.609. The minimum atomic E-state index is -0.382. The third-order valence-corrected chi connectivity index (χ3v) is 5.37. The minimum Gasteiger partial charge on any atom is -0.383 e. The standard InChI is InChI=1S/C21H20N10O/c1-4-12-6-5-7-14-15(12)21(32)31(13-8-9-13)20(26-14)11(2)25-18-16(17(22)23-10-24-18)19-27-29-30(3)28-19/h1,5-7,10-11,13H,8-9H2,2-3H3,(H3,22,23,24,25). The Hall–Kier alpha value is -4.33. The summed E-state index contributed by atoms with van der Waals surface area (Å²) in [5.74, 6) is 4.12. The van der Waals surface area contributed by atoms with Gasteiger partial charge in [-0.25, -0.2) is 15.0 Å². The highest BCUT2D eigenvalue weighted by atomic mass is 16.1. The van der Waals surface area contributed by atoms with E-state index in [1.165, 1.54) is 11.1 Å². The molecule has 1 aliphatic carbocycles. The second kappa shape index (κ2) is 7.42. The van der Waals surface area contributed by atoms with E-state index >= 15 is 0 Å². The molecular formula is C21H20N10O. The Balaban J connectivity index is 1.62. The fourth-order valence-corrected chi connectivity index (χ4v) is 3.75. The van der Waals surface area contributed by atoms with Gasteiger partial charge in [-0.05, 0) is 37.1 Å². The number of terminal acetylenes is 1. The average molecular weight is 428 g/mol. The molecule has 0 amide bonds. The van der Waals surface area contributed by atoms with Crippen molar-refractivity contribution in [3.63, 3.8) is 0 Å². The van der Waals surface area contributed by atoms with Crippen LogP contribution in [0.3, 0.4) is 0 Å². The first-order chi connectivity index (χ1) is 15.5. The van der Waals surface area contributed by atoms with E-state index < -0.39 is 0 Å². The highest BCUT2D eigenvalue weighted by Gasteiger charge is 2.31. The van der Waals surface area contributed by atoms with Crippen LogP contribution in [-0.2, 0) is 7.05 Å². The number of aryl methyl sites for hydroxylation is 1. The molecule has 0 saturated heterocycles. The van der Waals surface area contributed by atoms with Gasteiger partial charge >= 0.3 is 0 Å². The van der Waals surface area contributed by atoms with Crippen molar-refractivity contribution in [1.82, 2.24) is 39.7 Å². The zero-order valence-corrected chi connectivity index (χ0v) is 17.5. The van der Waals surface area contributed by atoms with Crippen molar-refractivity contribution < 1.29 is 0 Å². The summed E-state index contributed by atoms with van der Waals surface area (Å²) in [6, 6.07) is 5.07. The molecule has 1 aromatic carbocycles. The summed E-state index contributed by atoms with van der Waals surface area (Å²) in [4.78, 5) is 28.0. The molecule has 3 aromatic heterocycles. The Morgan fingerprint density at radius 2 is 2.12 bits per heavy atom. The van der Waals surface area contributed by atoms with Gasteiger partial charge in [-0.3, -0.25) is 9.36 Å². The van der Waals surface area contributed by atoms with E-state index in [1.807, 2.05) is 6.92 Å². The summed E-state index contributed by atoms with van der Waals surface area (Å²) in [6.45, 7) is 1.91. The lowest BCUT2D eigenvalue weighted by Gasteiger charge is -2.21. The van der Waals surface area contributed by atoms with Crippen molar-refractivity contribution in [2.24, 2.45) is 7.05 Å². The van der Waals surface area contributed by atoms with Gasteiger partial charge in [0, 0.05) is 11.6 Å². The molecule has 0 aliphatic heterocycles. The maximum atomic E-state index is 13.4. The quantitative estimate of drug-likeness (QED) is 0.451. The maximum Gasteiger partial charge on any atom is 0.262 e. The molecule has 160 valence electrons. The fourth-order valence-electron chi connectivity index (χ4n) is 3.75. The largest absolute Gasteiger partial charge is 0.383 e. The normalized spacial score (nSPS) is 14.3. The molecule has 5 rings (SSSR count). The Morgan fingerprint density at radius 1 is 1.31 bits per heavy atom. The summed E-state index contributed by atoms with van der Waals surface area (Å²) in [7, 11) is 1.66. The van der Waals surface area contributed by atoms with Gasteiger partial charge in [0.15, 0.2) is 0 Å². The molecule has 3 N–H and O–H groups in total. The maximum absolute atomic E-state index is 13.4. The highest BCUT2D eigenvalue weighted by molar-refractivity contribution is 5.84. The summed E-state index contributed by atoms with van der Waals surface area (Å²) in [5.41, 5.74) is 7.50. The Morgan fingerprint density at radius 3 is 2.81 bits per heavy atom. The second-order valence-electron chi connectivity index (χ2n) is 7.67. The lowest BCUT2D eigenvalue weighted by atomic mass is 10.1. The number of nitrogen functional groups attached to an aromatic ring is 1. The number of tetrazole rings is 1. The monoisotopic (exact) mass is 428 g/mol. The van der Waals surface area contributed by atoms with E-state index in [0.717, 1.165) is 12.8 Å². The van der Waals surface area contributed by atoms with Gasteiger partial charge in [0.1, 0.15) is 29.4 Å². The number of anilines is 2. The van der Waals surface area contributed by atoms with Gasteiger partial charge in [-0.1, -0.05) is 12.0 Å². The smallest absolute Gasteiger partial charge is 0.262 e. The van der Waals surface area contributed by atoms with Crippen molar-refractivity contribution in [1.29, 1.82) is 0 Å². The minimum absolute atomic E-state index is 0.0982. The lowest BCUT2D eigenvalue weighted by Crippen LogP contribution is -2.28. The molecule has 1 atom stereocenters. The second-order valence-corrected chi connectivity index (χ2v) is 7.67. The van der Waals surface area contributed by atoms with Crippen LogP contribution in [0.5, 0.6) is 0 Å². The molecule has 0 radical (unpaired) electrons. The number of aromatic nitrogens is 8. The van der Waals surface area contributed by atoms with Crippen LogP contribution in [0.25, 0.3) is 22.3 Å². The van der Waals surface area contributed by atoms with E-state index in [1.54, 1.807) is 29.8 Å². The van der Waals surface area contributed by atoms with Gasteiger partial charge in [0.05, 0.1) is 24.0 Å². The van der Waals surface area contributed by atoms with Gasteiger partial charge in [0.25, 0.3) is 5.56 Å². The van der Waals surface area contributed by atoms with Crippen LogP contribution in [-0.4, -0.2) is 39.7 Å². The van der Waals surface area contributed by atoms with Crippen molar-refractivity contribution in [2.75, 3.05) is 11.1 Å². The zero-order valence-electron chi connectivity index (χ0n) is 17.5. The molecule has 32 heavy (non-hydrogen) atoms. The molecule has 3 heterocycles. The van der Waals surface area contributed by atoms with Crippen LogP contribution in [0, 0.1) is 12.3 Å². The number of fused-ring (bicyclic) bond motifs is 1. The first-order valence-corrected chi connectivity index (χ1v) is 10.1. The number of hydrogen-bond donors (Lipinski definition) is 2. The fraction of sp³-hybridized carbons (Fsp3) is 0.286. The molecule has 0 bridgehead atoms. The van der Waals surface area contributed by atoms with Crippen LogP contribution in [0.15, 0.2) is 29.3 Å². The molecule has 1 aliphatic rings. The van der Waals surface area contributed by atoms with Gasteiger partial charge in [-0.2, -0.15) is 4.80 Å². The van der Waals surface area contributed by atoms with E-state index in [2.05, 4.69) is 36.6 Å². The van der Waals surface area contributed by atoms with E-state index in [9.17, 15) is 4.79 Å². The third kappa shape index (κ3) is 3.22. The van der Waals surface area contributed by atoms with Crippen LogP contribution < -0.4 is 16.6 Å². The van der Waals surface area contributed by atoms with Crippen LogP contribution >= 0.6 is 0 Å². The Labute approximate surface area is 182 Å². The van der Waals surface area contributed by atoms with Crippen molar-refractivity contribution in [3.05, 3.63) is 46.3 Å². The van der Waals surface area contributed by atoms with Crippen LogP contribution in [0.2, 0.25) is 0 Å². The van der Waals surface area contributed by atoms with Crippen molar-refractivity contribution in [3.8, 4) is 23.7 Å². The number of benzene rings is 1. The molecule has 4 aromatic rings. The molecule has 11 heteroatoms. The summed E-state index contributed by atoms with van der Waals surface area (Å²) >= 11 is 0. The van der Waals surface area contributed by atoms with Crippen LogP contribution in [0.1, 0.15) is 43.2 Å². The third-order valence-electron chi connectivity index (χ3n) is 5.37. The Kier molecular flexibility index (Phi) is 4.55.